The average Bonchev–Trinajstić information content (AvgIpc) is 2.90. The molecular weight excluding hydrogens is 430 g/mol. The molecule has 0 radical (unpaired) electrons. The summed E-state index contributed by atoms with van der Waals surface area (Å²) in [6.45, 7) is 1.05. The lowest BCUT2D eigenvalue weighted by atomic mass is 9.92. The molecule has 4 aromatic rings. The molecule has 4 heterocycles. The van der Waals surface area contributed by atoms with Gasteiger partial charge in [0.15, 0.2) is 0 Å². The lowest BCUT2D eigenvalue weighted by molar-refractivity contribution is 0.0945. The van der Waals surface area contributed by atoms with Gasteiger partial charge in [0.25, 0.3) is 5.91 Å². The summed E-state index contributed by atoms with van der Waals surface area (Å²) in [6.07, 6.45) is 5.13. The van der Waals surface area contributed by atoms with Gasteiger partial charge in [-0.15, -0.1) is 0 Å². The number of methoxy groups -OCH3 is 1. The van der Waals surface area contributed by atoms with Crippen LogP contribution in [-0.4, -0.2) is 34.6 Å². The van der Waals surface area contributed by atoms with E-state index in [0.717, 1.165) is 33.3 Å². The van der Waals surface area contributed by atoms with Crippen LogP contribution < -0.4 is 10.1 Å². The lowest BCUT2D eigenvalue weighted by Crippen LogP contribution is -2.24. The number of pyridine rings is 3. The molecule has 3 aromatic heterocycles. The van der Waals surface area contributed by atoms with Crippen molar-refractivity contribution < 1.29 is 14.3 Å². The molecule has 8 heteroatoms. The van der Waals surface area contributed by atoms with E-state index >= 15 is 0 Å². The second-order valence-corrected chi connectivity index (χ2v) is 7.93. The molecular formula is C26H21N5O3. The molecule has 168 valence electrons. The third kappa shape index (κ3) is 4.17. The number of nitrogens with one attached hydrogen (secondary N) is 1. The van der Waals surface area contributed by atoms with E-state index in [1.807, 2.05) is 24.3 Å². The van der Waals surface area contributed by atoms with Crippen LogP contribution in [0, 0.1) is 11.3 Å². The van der Waals surface area contributed by atoms with Gasteiger partial charge in [0.2, 0.25) is 0 Å². The fourth-order valence-corrected chi connectivity index (χ4v) is 4.00. The molecule has 1 atom stereocenters. The van der Waals surface area contributed by atoms with Crippen molar-refractivity contribution in [2.45, 2.75) is 19.1 Å². The van der Waals surface area contributed by atoms with Gasteiger partial charge in [-0.1, -0.05) is 6.07 Å². The van der Waals surface area contributed by atoms with Gasteiger partial charge in [-0.3, -0.25) is 14.8 Å². The van der Waals surface area contributed by atoms with Crippen molar-refractivity contribution in [3.05, 3.63) is 83.4 Å². The van der Waals surface area contributed by atoms with E-state index in [4.69, 9.17) is 14.5 Å². The Hall–Kier alpha value is -4.35. The minimum atomic E-state index is -0.364. The van der Waals surface area contributed by atoms with E-state index in [-0.39, 0.29) is 18.4 Å². The Morgan fingerprint density at radius 3 is 3.00 bits per heavy atom. The molecule has 0 saturated heterocycles. The number of nitrogens with zero attached hydrogens (tertiary/aromatic N) is 4. The van der Waals surface area contributed by atoms with E-state index in [0.29, 0.717) is 30.2 Å². The molecule has 1 aliphatic heterocycles. The van der Waals surface area contributed by atoms with E-state index in [9.17, 15) is 10.1 Å². The number of fused-ring (bicyclic) bond motifs is 2. The highest BCUT2D eigenvalue weighted by Crippen LogP contribution is 2.29. The summed E-state index contributed by atoms with van der Waals surface area (Å²) in [5, 5.41) is 13.2. The standard InChI is InChI=1S/C26H21N5O3/c1-33-25-6-7-28-13-22(25)23-5-4-17-11-29-20(9-24(17)31-23)12-30-26(32)16-2-3-18-14-34-15-19(10-27)21(18)8-16/h2-9,11,13,19H,12,14-15H2,1H3,(H,30,32)/t19-/m1/s1. The van der Waals surface area contributed by atoms with Crippen LogP contribution in [0.2, 0.25) is 0 Å². The van der Waals surface area contributed by atoms with Gasteiger partial charge in [0, 0.05) is 29.5 Å². The van der Waals surface area contributed by atoms with Crippen molar-refractivity contribution in [1.82, 2.24) is 20.3 Å². The third-order valence-electron chi connectivity index (χ3n) is 5.82. The Morgan fingerprint density at radius 2 is 2.15 bits per heavy atom. The highest BCUT2D eigenvalue weighted by atomic mass is 16.5. The van der Waals surface area contributed by atoms with Gasteiger partial charge < -0.3 is 14.8 Å². The van der Waals surface area contributed by atoms with Crippen LogP contribution >= 0.6 is 0 Å². The minimum Gasteiger partial charge on any atom is -0.496 e. The molecule has 1 amide bonds. The van der Waals surface area contributed by atoms with Crippen molar-refractivity contribution in [2.24, 2.45) is 0 Å². The van der Waals surface area contributed by atoms with Gasteiger partial charge in [-0.25, -0.2) is 4.98 Å². The first kappa shape index (κ1) is 21.5. The highest BCUT2D eigenvalue weighted by Gasteiger charge is 2.22. The first-order valence-electron chi connectivity index (χ1n) is 10.8. The van der Waals surface area contributed by atoms with Gasteiger partial charge in [-0.05, 0) is 47.5 Å². The number of hydrogen-bond acceptors (Lipinski definition) is 7. The summed E-state index contributed by atoms with van der Waals surface area (Å²) in [6, 6.07) is 15.1. The number of ether oxygens (including phenoxy) is 2. The number of rotatable bonds is 5. The quantitative estimate of drug-likeness (QED) is 0.492. The number of hydrogen-bond donors (Lipinski definition) is 1. The van der Waals surface area contributed by atoms with Crippen LogP contribution in [-0.2, 0) is 17.9 Å². The largest absolute Gasteiger partial charge is 0.496 e. The van der Waals surface area contributed by atoms with Crippen LogP contribution in [0.4, 0.5) is 0 Å². The smallest absolute Gasteiger partial charge is 0.251 e. The number of carbonyl (C=O) groups excluding carboxylic acids is 1. The van der Waals surface area contributed by atoms with Gasteiger partial charge >= 0.3 is 0 Å². The Labute approximate surface area is 196 Å². The Balaban J connectivity index is 1.35. The Morgan fingerprint density at radius 1 is 1.24 bits per heavy atom. The van der Waals surface area contributed by atoms with Crippen LogP contribution in [0.25, 0.3) is 22.2 Å². The van der Waals surface area contributed by atoms with Crippen LogP contribution in [0.15, 0.2) is 61.1 Å². The predicted octanol–water partition coefficient (Wildman–Crippen LogP) is 3.77. The molecule has 0 aliphatic carbocycles. The van der Waals surface area contributed by atoms with E-state index in [1.54, 1.807) is 43.9 Å². The zero-order chi connectivity index (χ0) is 23.5. The first-order chi connectivity index (χ1) is 16.7. The molecule has 0 spiro atoms. The number of nitriles is 1. The number of carbonyl (C=O) groups is 1. The number of amides is 1. The summed E-state index contributed by atoms with van der Waals surface area (Å²) in [4.78, 5) is 26.2. The maximum atomic E-state index is 12.8. The number of benzene rings is 1. The SMILES string of the molecule is COc1ccncc1-c1ccc2cnc(CNC(=O)c3ccc4c(c3)[C@H](C#N)COC4)cc2n1. The summed E-state index contributed by atoms with van der Waals surface area (Å²) in [7, 11) is 1.61. The summed E-state index contributed by atoms with van der Waals surface area (Å²) < 4.78 is 10.9. The van der Waals surface area contributed by atoms with E-state index in [2.05, 4.69) is 21.4 Å². The fourth-order valence-electron chi connectivity index (χ4n) is 4.00. The van der Waals surface area contributed by atoms with Gasteiger partial charge in [0.1, 0.15) is 5.75 Å². The zero-order valence-electron chi connectivity index (χ0n) is 18.5. The topological polar surface area (TPSA) is 110 Å². The Kier molecular flexibility index (Phi) is 5.85. The molecule has 0 unspecified atom stereocenters. The number of aromatic nitrogens is 3. The third-order valence-corrected chi connectivity index (χ3v) is 5.82. The molecule has 1 aliphatic rings. The second-order valence-electron chi connectivity index (χ2n) is 7.93. The van der Waals surface area contributed by atoms with Crippen LogP contribution in [0.1, 0.15) is 33.1 Å². The van der Waals surface area contributed by atoms with Gasteiger partial charge in [0.05, 0.1) is 61.3 Å². The van der Waals surface area contributed by atoms with E-state index < -0.39 is 0 Å². The molecule has 0 saturated carbocycles. The molecule has 8 nitrogen and oxygen atoms in total. The van der Waals surface area contributed by atoms with E-state index in [1.165, 1.54) is 0 Å². The van der Waals surface area contributed by atoms with Crippen LogP contribution in [0.5, 0.6) is 5.75 Å². The maximum absolute atomic E-state index is 12.8. The van der Waals surface area contributed by atoms with Crippen LogP contribution in [0.3, 0.4) is 0 Å². The summed E-state index contributed by atoms with van der Waals surface area (Å²) in [5.74, 6) is 0.102. The second kappa shape index (κ2) is 9.25. The van der Waals surface area contributed by atoms with Crippen molar-refractivity contribution in [2.75, 3.05) is 13.7 Å². The van der Waals surface area contributed by atoms with Crippen molar-refractivity contribution in [1.29, 1.82) is 5.26 Å². The molecule has 5 rings (SSSR count). The fraction of sp³-hybridized carbons (Fsp3) is 0.192. The normalized spacial score (nSPS) is 14.8. The molecule has 34 heavy (non-hydrogen) atoms. The molecule has 1 N–H and O–H groups in total. The average molecular weight is 451 g/mol. The predicted molar refractivity (Wildman–Crippen MR) is 125 cm³/mol. The molecule has 0 fully saturated rings. The van der Waals surface area contributed by atoms with Gasteiger partial charge in [-0.2, -0.15) is 5.26 Å². The molecule has 0 bridgehead atoms. The van der Waals surface area contributed by atoms with Crippen molar-refractivity contribution in [3.8, 4) is 23.1 Å². The lowest BCUT2D eigenvalue weighted by Gasteiger charge is -2.21. The maximum Gasteiger partial charge on any atom is 0.251 e. The summed E-state index contributed by atoms with van der Waals surface area (Å²) >= 11 is 0. The highest BCUT2D eigenvalue weighted by molar-refractivity contribution is 5.94. The monoisotopic (exact) mass is 451 g/mol. The van der Waals surface area contributed by atoms with Crippen molar-refractivity contribution >= 4 is 16.8 Å². The molecule has 1 aromatic carbocycles. The van der Waals surface area contributed by atoms with Crippen molar-refractivity contribution in [3.63, 3.8) is 0 Å². The minimum absolute atomic E-state index is 0.227. The Bertz CT molecular complexity index is 1430. The summed E-state index contributed by atoms with van der Waals surface area (Å²) in [5.41, 5.74) is 5.28. The first-order valence-corrected chi connectivity index (χ1v) is 10.8. The zero-order valence-corrected chi connectivity index (χ0v) is 18.5.